The van der Waals surface area contributed by atoms with E-state index in [1.54, 1.807) is 16.2 Å². The normalized spacial score (nSPS) is 16.5. The van der Waals surface area contributed by atoms with Crippen LogP contribution in [0, 0.1) is 5.92 Å². The average molecular weight is 225 g/mol. The topological polar surface area (TPSA) is 40.5 Å². The zero-order chi connectivity index (χ0) is 10.8. The molecule has 1 N–H and O–H groups in total. The number of aliphatic hydroxyl groups is 1. The molecular weight excluding hydrogens is 210 g/mol. The SMILES string of the molecule is CCc1ccc(C(=O)N2CC(CO)C2)s1. The molecule has 0 aliphatic carbocycles. The van der Waals surface area contributed by atoms with Crippen LogP contribution in [0.15, 0.2) is 12.1 Å². The Morgan fingerprint density at radius 2 is 2.33 bits per heavy atom. The lowest BCUT2D eigenvalue weighted by molar-refractivity contribution is 0.0366. The van der Waals surface area contributed by atoms with E-state index >= 15 is 0 Å². The number of aliphatic hydroxyl groups excluding tert-OH is 1. The Bertz CT molecular complexity index is 355. The van der Waals surface area contributed by atoms with E-state index in [9.17, 15) is 4.79 Å². The number of likely N-dealkylation sites (tertiary alicyclic amines) is 1. The molecule has 15 heavy (non-hydrogen) atoms. The fourth-order valence-electron chi connectivity index (χ4n) is 1.69. The third-order valence-electron chi connectivity index (χ3n) is 2.72. The molecule has 1 fully saturated rings. The monoisotopic (exact) mass is 225 g/mol. The number of carbonyl (C=O) groups is 1. The molecule has 82 valence electrons. The number of nitrogens with zero attached hydrogens (tertiary/aromatic N) is 1. The minimum absolute atomic E-state index is 0.115. The Morgan fingerprint density at radius 1 is 1.60 bits per heavy atom. The first-order valence-electron chi connectivity index (χ1n) is 5.23. The van der Waals surface area contributed by atoms with Crippen LogP contribution < -0.4 is 0 Å². The number of hydrogen-bond donors (Lipinski definition) is 1. The van der Waals surface area contributed by atoms with Gasteiger partial charge in [-0.3, -0.25) is 4.79 Å². The van der Waals surface area contributed by atoms with Gasteiger partial charge in [-0.25, -0.2) is 0 Å². The van der Waals surface area contributed by atoms with E-state index < -0.39 is 0 Å². The van der Waals surface area contributed by atoms with Crippen molar-refractivity contribution in [2.24, 2.45) is 5.92 Å². The highest BCUT2D eigenvalue weighted by atomic mass is 32.1. The Labute approximate surface area is 93.3 Å². The van der Waals surface area contributed by atoms with Gasteiger partial charge in [0.25, 0.3) is 5.91 Å². The van der Waals surface area contributed by atoms with Crippen molar-refractivity contribution >= 4 is 17.2 Å². The largest absolute Gasteiger partial charge is 0.396 e. The van der Waals surface area contributed by atoms with E-state index in [1.807, 2.05) is 12.1 Å². The second kappa shape index (κ2) is 4.33. The number of amides is 1. The predicted molar refractivity (Wildman–Crippen MR) is 60.2 cm³/mol. The van der Waals surface area contributed by atoms with E-state index in [0.717, 1.165) is 11.3 Å². The molecule has 0 aromatic carbocycles. The predicted octanol–water partition coefficient (Wildman–Crippen LogP) is 1.37. The van der Waals surface area contributed by atoms with Gasteiger partial charge in [0.2, 0.25) is 0 Å². The summed E-state index contributed by atoms with van der Waals surface area (Å²) in [5.74, 6) is 0.406. The molecule has 1 aromatic heterocycles. The molecule has 1 aliphatic rings. The second-order valence-electron chi connectivity index (χ2n) is 3.88. The van der Waals surface area contributed by atoms with Crippen molar-refractivity contribution in [1.82, 2.24) is 4.90 Å². The molecule has 0 bridgehead atoms. The van der Waals surface area contributed by atoms with Crippen LogP contribution in [0.4, 0.5) is 0 Å². The molecule has 0 atom stereocenters. The minimum atomic E-state index is 0.115. The Kier molecular flexibility index (Phi) is 3.07. The first kappa shape index (κ1) is 10.6. The summed E-state index contributed by atoms with van der Waals surface area (Å²) < 4.78 is 0. The minimum Gasteiger partial charge on any atom is -0.396 e. The lowest BCUT2D eigenvalue weighted by atomic mass is 10.0. The maximum atomic E-state index is 11.9. The van der Waals surface area contributed by atoms with Crippen molar-refractivity contribution in [2.45, 2.75) is 13.3 Å². The Morgan fingerprint density at radius 3 is 2.87 bits per heavy atom. The fraction of sp³-hybridized carbons (Fsp3) is 0.545. The van der Waals surface area contributed by atoms with Crippen molar-refractivity contribution < 1.29 is 9.90 Å². The Hall–Kier alpha value is -0.870. The zero-order valence-corrected chi connectivity index (χ0v) is 9.59. The molecule has 0 saturated carbocycles. The van der Waals surface area contributed by atoms with Crippen LogP contribution in [0.25, 0.3) is 0 Å². The van der Waals surface area contributed by atoms with Gasteiger partial charge in [-0.05, 0) is 18.6 Å². The first-order chi connectivity index (χ1) is 7.24. The summed E-state index contributed by atoms with van der Waals surface area (Å²) >= 11 is 1.57. The quantitative estimate of drug-likeness (QED) is 0.844. The summed E-state index contributed by atoms with van der Waals surface area (Å²) in [6.07, 6.45) is 0.983. The smallest absolute Gasteiger partial charge is 0.263 e. The van der Waals surface area contributed by atoms with Gasteiger partial charge in [-0.2, -0.15) is 0 Å². The summed E-state index contributed by atoms with van der Waals surface area (Å²) in [4.78, 5) is 15.7. The molecule has 2 heterocycles. The number of hydrogen-bond acceptors (Lipinski definition) is 3. The van der Waals surface area contributed by atoms with Gasteiger partial charge in [-0.15, -0.1) is 11.3 Å². The molecule has 1 amide bonds. The van der Waals surface area contributed by atoms with Crippen molar-refractivity contribution in [3.63, 3.8) is 0 Å². The van der Waals surface area contributed by atoms with Gasteiger partial charge >= 0.3 is 0 Å². The molecule has 2 rings (SSSR count). The van der Waals surface area contributed by atoms with Crippen molar-refractivity contribution in [3.8, 4) is 0 Å². The van der Waals surface area contributed by atoms with Gasteiger partial charge in [-0.1, -0.05) is 6.92 Å². The van der Waals surface area contributed by atoms with Crippen LogP contribution >= 0.6 is 11.3 Å². The van der Waals surface area contributed by atoms with E-state index in [1.165, 1.54) is 4.88 Å². The number of rotatable bonds is 3. The van der Waals surface area contributed by atoms with E-state index in [0.29, 0.717) is 19.0 Å². The summed E-state index contributed by atoms with van der Waals surface area (Å²) in [6.45, 7) is 3.68. The molecular formula is C11H15NO2S. The molecule has 1 aromatic rings. The third kappa shape index (κ3) is 2.06. The molecule has 1 saturated heterocycles. The Balaban J connectivity index is 1.97. The summed E-state index contributed by atoms with van der Waals surface area (Å²) in [5.41, 5.74) is 0. The number of carbonyl (C=O) groups excluding carboxylic acids is 1. The van der Waals surface area contributed by atoms with E-state index in [-0.39, 0.29) is 12.5 Å². The lowest BCUT2D eigenvalue weighted by Gasteiger charge is -2.37. The molecule has 0 spiro atoms. The van der Waals surface area contributed by atoms with Crippen molar-refractivity contribution in [2.75, 3.05) is 19.7 Å². The maximum Gasteiger partial charge on any atom is 0.263 e. The zero-order valence-electron chi connectivity index (χ0n) is 8.77. The van der Waals surface area contributed by atoms with Gasteiger partial charge in [0.1, 0.15) is 0 Å². The summed E-state index contributed by atoms with van der Waals surface area (Å²) in [6, 6.07) is 3.92. The van der Waals surface area contributed by atoms with Crippen molar-refractivity contribution in [3.05, 3.63) is 21.9 Å². The van der Waals surface area contributed by atoms with Crippen LogP contribution in [0.3, 0.4) is 0 Å². The number of thiophene rings is 1. The first-order valence-corrected chi connectivity index (χ1v) is 6.05. The third-order valence-corrected chi connectivity index (χ3v) is 3.94. The molecule has 0 radical (unpaired) electrons. The fourth-order valence-corrected chi connectivity index (χ4v) is 2.61. The van der Waals surface area contributed by atoms with Crippen LogP contribution in [-0.4, -0.2) is 35.6 Å². The molecule has 0 unspecified atom stereocenters. The van der Waals surface area contributed by atoms with E-state index in [4.69, 9.17) is 5.11 Å². The highest BCUT2D eigenvalue weighted by molar-refractivity contribution is 7.14. The molecule has 1 aliphatic heterocycles. The van der Waals surface area contributed by atoms with Crippen LogP contribution in [0.5, 0.6) is 0 Å². The van der Waals surface area contributed by atoms with Crippen molar-refractivity contribution in [1.29, 1.82) is 0 Å². The second-order valence-corrected chi connectivity index (χ2v) is 5.05. The highest BCUT2D eigenvalue weighted by Gasteiger charge is 2.30. The van der Waals surface area contributed by atoms with Crippen LogP contribution in [0.2, 0.25) is 0 Å². The van der Waals surface area contributed by atoms with Gasteiger partial charge in [0.05, 0.1) is 4.88 Å². The molecule has 3 nitrogen and oxygen atoms in total. The molecule has 4 heteroatoms. The van der Waals surface area contributed by atoms with E-state index in [2.05, 4.69) is 6.92 Å². The highest BCUT2D eigenvalue weighted by Crippen LogP contribution is 2.23. The van der Waals surface area contributed by atoms with Crippen LogP contribution in [0.1, 0.15) is 21.5 Å². The lowest BCUT2D eigenvalue weighted by Crippen LogP contribution is -2.51. The average Bonchev–Trinajstić information content (AvgIpc) is 2.64. The van der Waals surface area contributed by atoms with Crippen LogP contribution in [-0.2, 0) is 6.42 Å². The summed E-state index contributed by atoms with van der Waals surface area (Å²) in [7, 11) is 0. The standard InChI is InChI=1S/C11H15NO2S/c1-2-9-3-4-10(15-9)11(14)12-5-8(6-12)7-13/h3-4,8,13H,2,5-7H2,1H3. The van der Waals surface area contributed by atoms with Gasteiger partial charge in [0, 0.05) is 30.5 Å². The number of aryl methyl sites for hydroxylation is 1. The maximum absolute atomic E-state index is 11.9. The van der Waals surface area contributed by atoms with Gasteiger partial charge < -0.3 is 10.0 Å². The van der Waals surface area contributed by atoms with Gasteiger partial charge in [0.15, 0.2) is 0 Å². The summed E-state index contributed by atoms with van der Waals surface area (Å²) in [5, 5.41) is 8.86.